The van der Waals surface area contributed by atoms with Crippen molar-refractivity contribution in [3.05, 3.63) is 99.8 Å². The van der Waals surface area contributed by atoms with Crippen LogP contribution < -0.4 is 9.64 Å². The molecule has 0 bridgehead atoms. The van der Waals surface area contributed by atoms with Gasteiger partial charge in [-0.25, -0.2) is 4.39 Å². The number of methoxy groups -OCH3 is 1. The largest absolute Gasteiger partial charge is 0.507 e. The van der Waals surface area contributed by atoms with Crippen molar-refractivity contribution < 1.29 is 23.8 Å². The molecule has 0 saturated carbocycles. The van der Waals surface area contributed by atoms with Crippen LogP contribution in [0.1, 0.15) is 22.7 Å². The highest BCUT2D eigenvalue weighted by molar-refractivity contribution is 6.51. The number of hydrogen-bond donors (Lipinski definition) is 1. The number of Topliss-reactive ketones (excluding diaryl/α,β-unsaturated/α-hetero) is 1. The molecular weight excluding hydrogens is 433 g/mol. The Kier molecular flexibility index (Phi) is 5.72. The lowest BCUT2D eigenvalue weighted by Crippen LogP contribution is -2.29. The van der Waals surface area contributed by atoms with E-state index in [1.165, 1.54) is 31.4 Å². The van der Waals surface area contributed by atoms with Crippen LogP contribution in [0.2, 0.25) is 5.02 Å². The van der Waals surface area contributed by atoms with Crippen molar-refractivity contribution in [2.24, 2.45) is 0 Å². The summed E-state index contributed by atoms with van der Waals surface area (Å²) in [7, 11) is 1.45. The predicted octanol–water partition coefficient (Wildman–Crippen LogP) is 5.42. The zero-order chi connectivity index (χ0) is 23.0. The monoisotopic (exact) mass is 451 g/mol. The zero-order valence-electron chi connectivity index (χ0n) is 17.3. The molecule has 1 amide bonds. The molecule has 0 spiro atoms. The Hall–Kier alpha value is -3.64. The van der Waals surface area contributed by atoms with Gasteiger partial charge in [0.2, 0.25) is 0 Å². The molecule has 1 unspecified atom stereocenters. The Balaban J connectivity index is 1.96. The molecule has 162 valence electrons. The number of ether oxygens (including phenoxy) is 1. The normalized spacial score (nSPS) is 17.6. The van der Waals surface area contributed by atoms with Gasteiger partial charge >= 0.3 is 0 Å². The summed E-state index contributed by atoms with van der Waals surface area (Å²) in [6, 6.07) is 16.0. The molecule has 1 saturated heterocycles. The van der Waals surface area contributed by atoms with Gasteiger partial charge in [-0.2, -0.15) is 0 Å². The van der Waals surface area contributed by atoms with Crippen molar-refractivity contribution in [2.75, 3.05) is 12.0 Å². The zero-order valence-corrected chi connectivity index (χ0v) is 18.1. The van der Waals surface area contributed by atoms with E-state index in [0.29, 0.717) is 11.3 Å². The van der Waals surface area contributed by atoms with Gasteiger partial charge in [-0.3, -0.25) is 14.5 Å². The molecule has 3 aromatic carbocycles. The maximum absolute atomic E-state index is 14.9. The molecule has 1 aliphatic heterocycles. The number of ketones is 1. The summed E-state index contributed by atoms with van der Waals surface area (Å²) in [5.41, 5.74) is 1.46. The standard InChI is InChI=1S/C25H19ClFNO4/c1-14-7-9-15(10-8-14)23(29)21-22(17-5-3-4-6-19(17)27)28(25(31)24(21)30)16-11-12-20(32-2)18(26)13-16/h3-13,22,29H,1-2H3/b23-21+. The minimum absolute atomic E-state index is 0.0762. The van der Waals surface area contributed by atoms with E-state index in [0.717, 1.165) is 10.5 Å². The Bertz CT molecular complexity index is 1250. The fourth-order valence-electron chi connectivity index (χ4n) is 3.76. The Morgan fingerprint density at radius 1 is 1.06 bits per heavy atom. The van der Waals surface area contributed by atoms with Crippen LogP contribution in [0, 0.1) is 12.7 Å². The molecule has 0 radical (unpaired) electrons. The smallest absolute Gasteiger partial charge is 0.300 e. The first-order chi connectivity index (χ1) is 15.3. The highest BCUT2D eigenvalue weighted by atomic mass is 35.5. The summed E-state index contributed by atoms with van der Waals surface area (Å²) in [6.45, 7) is 1.88. The highest BCUT2D eigenvalue weighted by Crippen LogP contribution is 2.44. The lowest BCUT2D eigenvalue weighted by Gasteiger charge is -2.26. The Morgan fingerprint density at radius 2 is 1.75 bits per heavy atom. The molecular formula is C25H19ClFNO4. The molecule has 1 N–H and O–H groups in total. The summed E-state index contributed by atoms with van der Waals surface area (Å²) in [6.07, 6.45) is 0. The van der Waals surface area contributed by atoms with Crippen LogP contribution in [0.3, 0.4) is 0 Å². The Labute approximate surface area is 189 Å². The van der Waals surface area contributed by atoms with Gasteiger partial charge < -0.3 is 9.84 Å². The van der Waals surface area contributed by atoms with Crippen LogP contribution in [0.4, 0.5) is 10.1 Å². The van der Waals surface area contributed by atoms with Gasteiger partial charge in [0.05, 0.1) is 23.7 Å². The number of aryl methyl sites for hydroxylation is 1. The van der Waals surface area contributed by atoms with Crippen LogP contribution in [0.5, 0.6) is 5.75 Å². The molecule has 4 rings (SSSR count). The number of hydrogen-bond acceptors (Lipinski definition) is 4. The molecule has 7 heteroatoms. The fourth-order valence-corrected chi connectivity index (χ4v) is 4.01. The quantitative estimate of drug-likeness (QED) is 0.326. The maximum Gasteiger partial charge on any atom is 0.300 e. The van der Waals surface area contributed by atoms with Gasteiger partial charge in [0.25, 0.3) is 11.7 Å². The topological polar surface area (TPSA) is 66.8 Å². The van der Waals surface area contributed by atoms with E-state index < -0.39 is 23.5 Å². The number of anilines is 1. The minimum Gasteiger partial charge on any atom is -0.507 e. The summed E-state index contributed by atoms with van der Waals surface area (Å²) in [5.74, 6) is -2.41. The van der Waals surface area contributed by atoms with Gasteiger partial charge in [0.15, 0.2) is 0 Å². The molecule has 1 atom stereocenters. The van der Waals surface area contributed by atoms with E-state index in [1.54, 1.807) is 42.5 Å². The van der Waals surface area contributed by atoms with Crippen molar-refractivity contribution in [2.45, 2.75) is 13.0 Å². The van der Waals surface area contributed by atoms with Gasteiger partial charge in [0.1, 0.15) is 17.3 Å². The molecule has 1 heterocycles. The second-order valence-corrected chi connectivity index (χ2v) is 7.78. The second-order valence-electron chi connectivity index (χ2n) is 7.38. The SMILES string of the molecule is COc1ccc(N2C(=O)C(=O)/C(=C(/O)c3ccc(C)cc3)C2c2ccccc2F)cc1Cl. The van der Waals surface area contributed by atoms with Crippen LogP contribution in [0.25, 0.3) is 5.76 Å². The number of carbonyl (C=O) groups excluding carboxylic acids is 2. The summed E-state index contributed by atoms with van der Waals surface area (Å²) in [4.78, 5) is 27.3. The first-order valence-electron chi connectivity index (χ1n) is 9.79. The summed E-state index contributed by atoms with van der Waals surface area (Å²) in [5, 5.41) is 11.3. The number of halogens is 2. The van der Waals surface area contributed by atoms with Crippen LogP contribution in [-0.2, 0) is 9.59 Å². The van der Waals surface area contributed by atoms with Crippen LogP contribution in [-0.4, -0.2) is 23.9 Å². The average Bonchev–Trinajstić information content (AvgIpc) is 3.04. The van der Waals surface area contributed by atoms with E-state index in [4.69, 9.17) is 16.3 Å². The molecule has 1 aliphatic rings. The third kappa shape index (κ3) is 3.63. The lowest BCUT2D eigenvalue weighted by atomic mass is 9.94. The number of rotatable bonds is 4. The number of amides is 1. The van der Waals surface area contributed by atoms with Crippen LogP contribution in [0.15, 0.2) is 72.3 Å². The van der Waals surface area contributed by atoms with Gasteiger partial charge in [-0.15, -0.1) is 0 Å². The van der Waals surface area contributed by atoms with E-state index in [-0.39, 0.29) is 27.6 Å². The minimum atomic E-state index is -1.18. The van der Waals surface area contributed by atoms with E-state index in [2.05, 4.69) is 0 Å². The van der Waals surface area contributed by atoms with E-state index in [9.17, 15) is 19.1 Å². The first kappa shape index (κ1) is 21.6. The number of nitrogens with zero attached hydrogens (tertiary/aromatic N) is 1. The molecule has 5 nitrogen and oxygen atoms in total. The maximum atomic E-state index is 14.9. The third-order valence-corrected chi connectivity index (χ3v) is 5.68. The van der Waals surface area contributed by atoms with Gasteiger partial charge in [0, 0.05) is 16.8 Å². The molecule has 0 aliphatic carbocycles. The molecule has 32 heavy (non-hydrogen) atoms. The Morgan fingerprint density at radius 3 is 2.38 bits per heavy atom. The van der Waals surface area contributed by atoms with Crippen LogP contribution >= 0.6 is 11.6 Å². The van der Waals surface area contributed by atoms with Crippen molar-refractivity contribution in [3.8, 4) is 5.75 Å². The number of aliphatic hydroxyl groups is 1. The predicted molar refractivity (Wildman–Crippen MR) is 120 cm³/mol. The second kappa shape index (κ2) is 8.48. The van der Waals surface area contributed by atoms with Crippen molar-refractivity contribution in [3.63, 3.8) is 0 Å². The molecule has 0 aromatic heterocycles. The fraction of sp³-hybridized carbons (Fsp3) is 0.120. The first-order valence-corrected chi connectivity index (χ1v) is 10.2. The van der Waals surface area contributed by atoms with Crippen molar-refractivity contribution in [1.29, 1.82) is 0 Å². The summed E-state index contributed by atoms with van der Waals surface area (Å²) < 4.78 is 20.0. The lowest BCUT2D eigenvalue weighted by molar-refractivity contribution is -0.132. The van der Waals surface area contributed by atoms with Gasteiger partial charge in [-0.1, -0.05) is 59.6 Å². The van der Waals surface area contributed by atoms with Crippen molar-refractivity contribution in [1.82, 2.24) is 0 Å². The average molecular weight is 452 g/mol. The van der Waals surface area contributed by atoms with Crippen molar-refractivity contribution >= 4 is 34.7 Å². The summed E-state index contributed by atoms with van der Waals surface area (Å²) >= 11 is 6.24. The van der Waals surface area contributed by atoms with E-state index in [1.807, 2.05) is 6.92 Å². The highest BCUT2D eigenvalue weighted by Gasteiger charge is 2.47. The number of carbonyl (C=O) groups is 2. The third-order valence-electron chi connectivity index (χ3n) is 5.38. The molecule has 1 fully saturated rings. The van der Waals surface area contributed by atoms with Gasteiger partial charge in [-0.05, 0) is 31.2 Å². The number of aliphatic hydroxyl groups excluding tert-OH is 1. The molecule has 3 aromatic rings. The number of benzene rings is 3. The van der Waals surface area contributed by atoms with E-state index >= 15 is 0 Å².